The van der Waals surface area contributed by atoms with E-state index in [9.17, 15) is 9.59 Å². The third-order valence-electron chi connectivity index (χ3n) is 2.48. The van der Waals surface area contributed by atoms with Crippen LogP contribution in [0.3, 0.4) is 0 Å². The summed E-state index contributed by atoms with van der Waals surface area (Å²) in [5.74, 6) is 0. The second-order valence-electron chi connectivity index (χ2n) is 5.55. The van der Waals surface area contributed by atoms with E-state index in [0.717, 1.165) is 5.56 Å². The molecule has 0 bridgehead atoms. The number of amides is 3. The second-order valence-corrected chi connectivity index (χ2v) is 6.18. The number of thiol groups is 1. The number of hydrogen-bond donors (Lipinski definition) is 4. The van der Waals surface area contributed by atoms with Gasteiger partial charge in [0.2, 0.25) is 0 Å². The van der Waals surface area contributed by atoms with Gasteiger partial charge in [-0.3, -0.25) is 4.72 Å². The van der Waals surface area contributed by atoms with Gasteiger partial charge in [0, 0.05) is 17.3 Å². The largest absolute Gasteiger partial charge is 0.444 e. The number of carbonyl (C=O) groups excluding carboxylic acids is 2. The smallest absolute Gasteiger partial charge is 0.407 e. The summed E-state index contributed by atoms with van der Waals surface area (Å²) < 4.78 is 7.29. The van der Waals surface area contributed by atoms with Crippen LogP contribution in [0.25, 0.3) is 0 Å². The van der Waals surface area contributed by atoms with Gasteiger partial charge >= 0.3 is 12.1 Å². The van der Waals surface area contributed by atoms with Crippen LogP contribution in [-0.2, 0) is 11.2 Å². The van der Waals surface area contributed by atoms with Crippen molar-refractivity contribution >= 4 is 42.2 Å². The lowest BCUT2D eigenvalue weighted by atomic mass is 10.1. The molecule has 8 heteroatoms. The Kier molecular flexibility index (Phi) is 6.83. The van der Waals surface area contributed by atoms with E-state index in [1.54, 1.807) is 39.0 Å². The molecule has 0 saturated carbocycles. The van der Waals surface area contributed by atoms with Crippen LogP contribution in [0.2, 0.25) is 5.02 Å². The summed E-state index contributed by atoms with van der Waals surface area (Å²) in [6, 6.07) is 4.69. The first-order chi connectivity index (χ1) is 10.2. The number of ether oxygens (including phenoxy) is 1. The number of halogens is 1. The number of hydrogen-bond acceptors (Lipinski definition) is 4. The van der Waals surface area contributed by atoms with E-state index in [4.69, 9.17) is 16.3 Å². The summed E-state index contributed by atoms with van der Waals surface area (Å²) in [5, 5.41) is 5.72. The maximum atomic E-state index is 11.5. The van der Waals surface area contributed by atoms with Gasteiger partial charge in [0.05, 0.1) is 0 Å². The maximum Gasteiger partial charge on any atom is 0.407 e. The van der Waals surface area contributed by atoms with Gasteiger partial charge in [0.25, 0.3) is 0 Å². The van der Waals surface area contributed by atoms with Gasteiger partial charge in [-0.15, -0.1) is 0 Å². The van der Waals surface area contributed by atoms with Crippen molar-refractivity contribution in [1.82, 2.24) is 10.0 Å². The fourth-order valence-corrected chi connectivity index (χ4v) is 1.93. The normalized spacial score (nSPS) is 10.8. The third-order valence-corrected chi connectivity index (χ3v) is 3.03. The number of alkyl carbamates (subject to hydrolysis) is 1. The standard InChI is InChI=1S/C14H20ClN3O3S/c1-14(2,3)21-13(20)16-7-6-9-4-5-10(8-11(9)15)17-12(19)18-22/h4-5,8,22H,6-7H2,1-3H3,(H,16,20)(H2,17,18,19). The Balaban J connectivity index is 2.50. The quantitative estimate of drug-likeness (QED) is 0.632. The highest BCUT2D eigenvalue weighted by molar-refractivity contribution is 7.78. The van der Waals surface area contributed by atoms with Crippen molar-refractivity contribution in [1.29, 1.82) is 0 Å². The summed E-state index contributed by atoms with van der Waals surface area (Å²) in [5.41, 5.74) is 0.887. The highest BCUT2D eigenvalue weighted by Crippen LogP contribution is 2.21. The fraction of sp³-hybridized carbons (Fsp3) is 0.429. The van der Waals surface area contributed by atoms with E-state index >= 15 is 0 Å². The molecule has 0 fully saturated rings. The zero-order valence-corrected chi connectivity index (χ0v) is 14.3. The van der Waals surface area contributed by atoms with Crippen LogP contribution in [0, 0.1) is 0 Å². The molecule has 1 aromatic rings. The average molecular weight is 346 g/mol. The molecule has 0 aliphatic carbocycles. The van der Waals surface area contributed by atoms with Crippen molar-refractivity contribution < 1.29 is 14.3 Å². The third kappa shape index (κ3) is 6.91. The minimum Gasteiger partial charge on any atom is -0.444 e. The van der Waals surface area contributed by atoms with Crippen molar-refractivity contribution in [2.75, 3.05) is 11.9 Å². The van der Waals surface area contributed by atoms with Crippen molar-refractivity contribution in [2.24, 2.45) is 0 Å². The number of urea groups is 1. The molecule has 122 valence electrons. The minimum atomic E-state index is -0.525. The van der Waals surface area contributed by atoms with E-state index in [2.05, 4.69) is 28.2 Å². The first-order valence-corrected chi connectivity index (χ1v) is 7.50. The molecule has 3 amide bonds. The molecule has 0 atom stereocenters. The first kappa shape index (κ1) is 18.4. The van der Waals surface area contributed by atoms with Gasteiger partial charge in [-0.1, -0.05) is 30.5 Å². The molecule has 0 aliphatic rings. The van der Waals surface area contributed by atoms with Crippen LogP contribution in [0.15, 0.2) is 18.2 Å². The second kappa shape index (κ2) is 8.14. The van der Waals surface area contributed by atoms with Gasteiger partial charge in [-0.2, -0.15) is 0 Å². The zero-order valence-electron chi connectivity index (χ0n) is 12.7. The lowest BCUT2D eigenvalue weighted by Gasteiger charge is -2.19. The minimum absolute atomic E-state index is 0.401. The van der Waals surface area contributed by atoms with Crippen molar-refractivity contribution in [2.45, 2.75) is 32.8 Å². The van der Waals surface area contributed by atoms with Crippen molar-refractivity contribution in [3.8, 4) is 0 Å². The van der Waals surface area contributed by atoms with Crippen molar-refractivity contribution in [3.05, 3.63) is 28.8 Å². The van der Waals surface area contributed by atoms with E-state index in [1.807, 2.05) is 0 Å². The highest BCUT2D eigenvalue weighted by atomic mass is 35.5. The SMILES string of the molecule is CC(C)(C)OC(=O)NCCc1ccc(NC(=O)NS)cc1Cl. The molecular formula is C14H20ClN3O3S. The van der Waals surface area contributed by atoms with Gasteiger partial charge in [0.1, 0.15) is 5.60 Å². The molecule has 0 aliphatic heterocycles. The van der Waals surface area contributed by atoms with Crippen molar-refractivity contribution in [3.63, 3.8) is 0 Å². The number of rotatable bonds is 4. The van der Waals surface area contributed by atoms with Crippen LogP contribution in [0.5, 0.6) is 0 Å². The Morgan fingerprint density at radius 2 is 2.00 bits per heavy atom. The molecule has 0 aromatic heterocycles. The summed E-state index contributed by atoms with van der Waals surface area (Å²) in [4.78, 5) is 22.6. The Morgan fingerprint density at radius 1 is 1.32 bits per heavy atom. The molecule has 3 N–H and O–H groups in total. The lowest BCUT2D eigenvalue weighted by molar-refractivity contribution is 0.0528. The highest BCUT2D eigenvalue weighted by Gasteiger charge is 2.15. The molecule has 0 radical (unpaired) electrons. The number of carbonyl (C=O) groups is 2. The monoisotopic (exact) mass is 345 g/mol. The topological polar surface area (TPSA) is 79.5 Å². The summed E-state index contributed by atoms with van der Waals surface area (Å²) in [6.45, 7) is 5.81. The number of nitrogens with one attached hydrogen (secondary N) is 3. The summed E-state index contributed by atoms with van der Waals surface area (Å²) in [6.07, 6.45) is 0.0873. The van der Waals surface area contributed by atoms with E-state index in [-0.39, 0.29) is 0 Å². The zero-order chi connectivity index (χ0) is 16.8. The Bertz CT molecular complexity index is 547. The molecule has 0 unspecified atom stereocenters. The molecule has 0 saturated heterocycles. The van der Waals surface area contributed by atoms with Crippen LogP contribution < -0.4 is 15.4 Å². The summed E-state index contributed by atoms with van der Waals surface area (Å²) in [7, 11) is 0. The Labute approximate surface area is 140 Å². The Morgan fingerprint density at radius 3 is 2.55 bits per heavy atom. The van der Waals surface area contributed by atoms with Crippen LogP contribution in [0.1, 0.15) is 26.3 Å². The van der Waals surface area contributed by atoms with Gasteiger partial charge < -0.3 is 15.4 Å². The van der Waals surface area contributed by atoms with Gasteiger partial charge in [-0.05, 0) is 44.9 Å². The predicted octanol–water partition coefficient (Wildman–Crippen LogP) is 3.37. The lowest BCUT2D eigenvalue weighted by Crippen LogP contribution is -2.33. The summed E-state index contributed by atoms with van der Waals surface area (Å²) >= 11 is 9.78. The Hall–Kier alpha value is -1.60. The molecule has 1 aromatic carbocycles. The van der Waals surface area contributed by atoms with Crippen LogP contribution >= 0.6 is 24.4 Å². The number of anilines is 1. The van der Waals surface area contributed by atoms with E-state index in [0.29, 0.717) is 23.7 Å². The molecule has 22 heavy (non-hydrogen) atoms. The average Bonchev–Trinajstić information content (AvgIpc) is 2.39. The predicted molar refractivity (Wildman–Crippen MR) is 90.5 cm³/mol. The molecule has 6 nitrogen and oxygen atoms in total. The number of benzene rings is 1. The molecular weight excluding hydrogens is 326 g/mol. The van der Waals surface area contributed by atoms with Crippen LogP contribution in [0.4, 0.5) is 15.3 Å². The van der Waals surface area contributed by atoms with E-state index in [1.165, 1.54) is 0 Å². The maximum absolute atomic E-state index is 11.5. The molecule has 0 spiro atoms. The fourth-order valence-electron chi connectivity index (χ4n) is 1.60. The van der Waals surface area contributed by atoms with E-state index < -0.39 is 17.7 Å². The molecule has 1 rings (SSSR count). The first-order valence-electron chi connectivity index (χ1n) is 6.67. The van der Waals surface area contributed by atoms with Gasteiger partial charge in [0.15, 0.2) is 0 Å². The van der Waals surface area contributed by atoms with Gasteiger partial charge in [-0.25, -0.2) is 9.59 Å². The van der Waals surface area contributed by atoms with Crippen LogP contribution in [-0.4, -0.2) is 24.3 Å². The molecule has 0 heterocycles.